The number of aromatic nitrogens is 4. The number of nitrogens with zero attached hydrogens (tertiary/aromatic N) is 3. The third-order valence-corrected chi connectivity index (χ3v) is 4.36. The lowest BCUT2D eigenvalue weighted by molar-refractivity contribution is -0.144. The molecule has 0 saturated heterocycles. The van der Waals surface area contributed by atoms with Gasteiger partial charge in [0.25, 0.3) is 0 Å². The molecule has 0 aliphatic rings. The van der Waals surface area contributed by atoms with E-state index >= 15 is 0 Å². The van der Waals surface area contributed by atoms with Gasteiger partial charge < -0.3 is 10.1 Å². The Morgan fingerprint density at radius 3 is 2.50 bits per heavy atom. The van der Waals surface area contributed by atoms with Gasteiger partial charge in [0, 0.05) is 12.1 Å². The van der Waals surface area contributed by atoms with Crippen LogP contribution in [-0.2, 0) is 16.1 Å². The summed E-state index contributed by atoms with van der Waals surface area (Å²) in [4.78, 5) is 11.9. The smallest absolute Gasteiger partial charge is 0.323 e. The molecule has 1 heterocycles. The Morgan fingerprint density at radius 1 is 1.29 bits per heavy atom. The van der Waals surface area contributed by atoms with Crippen molar-refractivity contribution < 1.29 is 9.53 Å². The molecule has 148 valence electrons. The molecule has 0 spiro atoms. The molecular formula is C21H27N5O2. The van der Waals surface area contributed by atoms with Crippen LogP contribution in [0.25, 0.3) is 11.1 Å². The van der Waals surface area contributed by atoms with E-state index in [1.165, 1.54) is 7.11 Å². The van der Waals surface area contributed by atoms with Crippen LogP contribution >= 0.6 is 0 Å². The van der Waals surface area contributed by atoms with E-state index in [0.29, 0.717) is 12.4 Å². The molecule has 0 aliphatic carbocycles. The van der Waals surface area contributed by atoms with Crippen LogP contribution in [0.15, 0.2) is 49.1 Å². The summed E-state index contributed by atoms with van der Waals surface area (Å²) >= 11 is 0. The van der Waals surface area contributed by atoms with E-state index in [1.807, 2.05) is 57.2 Å². The van der Waals surface area contributed by atoms with Crippen LogP contribution in [0.4, 0.5) is 0 Å². The average molecular weight is 381 g/mol. The van der Waals surface area contributed by atoms with Crippen LogP contribution in [0.5, 0.6) is 0 Å². The van der Waals surface area contributed by atoms with Gasteiger partial charge in [0.2, 0.25) is 5.82 Å². The lowest BCUT2D eigenvalue weighted by Gasteiger charge is -2.20. The zero-order chi connectivity index (χ0) is 20.5. The van der Waals surface area contributed by atoms with Gasteiger partial charge in [-0.1, -0.05) is 62.9 Å². The highest BCUT2D eigenvalue weighted by molar-refractivity contribution is 6.03. The van der Waals surface area contributed by atoms with Crippen LogP contribution in [0.2, 0.25) is 0 Å². The molecule has 2 aromatic rings. The van der Waals surface area contributed by atoms with Gasteiger partial charge in [-0.15, -0.1) is 10.2 Å². The summed E-state index contributed by atoms with van der Waals surface area (Å²) in [6, 6.07) is 7.79. The Morgan fingerprint density at radius 2 is 2.00 bits per heavy atom. The molecule has 2 rings (SSSR count). The number of hydrogen-bond acceptors (Lipinski definition) is 6. The number of allylic oxidation sites excluding steroid dienone is 5. The number of H-pyrrole nitrogens is 1. The maximum absolute atomic E-state index is 11.9. The molecule has 0 fully saturated rings. The molecule has 0 radical (unpaired) electrons. The molecule has 28 heavy (non-hydrogen) atoms. The molecule has 2 N–H and O–H groups in total. The zero-order valence-corrected chi connectivity index (χ0v) is 16.8. The van der Waals surface area contributed by atoms with Crippen molar-refractivity contribution in [1.82, 2.24) is 25.9 Å². The number of hydrogen-bond donors (Lipinski definition) is 2. The zero-order valence-electron chi connectivity index (χ0n) is 16.8. The summed E-state index contributed by atoms with van der Waals surface area (Å²) in [5.74, 6) is 0.404. The SMILES string of the molecule is C=C/C=C(\C(=C/C)c1ccc(CN[C@H](C(=O)OC)C(C)C)cc1)c1nn[nH]n1. The van der Waals surface area contributed by atoms with Crippen LogP contribution in [0.3, 0.4) is 0 Å². The first kappa shape index (κ1) is 21.2. The highest BCUT2D eigenvalue weighted by Gasteiger charge is 2.22. The van der Waals surface area contributed by atoms with Crippen molar-refractivity contribution in [3.05, 3.63) is 66.0 Å². The number of tetrazole rings is 1. The van der Waals surface area contributed by atoms with Crippen molar-refractivity contribution in [2.24, 2.45) is 5.92 Å². The minimum absolute atomic E-state index is 0.142. The van der Waals surface area contributed by atoms with Crippen molar-refractivity contribution in [1.29, 1.82) is 0 Å². The summed E-state index contributed by atoms with van der Waals surface area (Å²) in [7, 11) is 1.41. The Bertz CT molecular complexity index is 836. The topological polar surface area (TPSA) is 92.8 Å². The Hall–Kier alpha value is -3.06. The van der Waals surface area contributed by atoms with Gasteiger partial charge in [0.05, 0.1) is 7.11 Å². The largest absolute Gasteiger partial charge is 0.468 e. The molecule has 0 saturated carbocycles. The van der Waals surface area contributed by atoms with Crippen LogP contribution in [0.1, 0.15) is 37.7 Å². The van der Waals surface area contributed by atoms with E-state index in [2.05, 4.69) is 32.5 Å². The second-order valence-electron chi connectivity index (χ2n) is 6.58. The molecule has 7 nitrogen and oxygen atoms in total. The second-order valence-corrected chi connectivity index (χ2v) is 6.58. The Labute approximate surface area is 165 Å². The number of carbonyl (C=O) groups is 1. The molecule has 0 amide bonds. The number of nitrogens with one attached hydrogen (secondary N) is 2. The van der Waals surface area contributed by atoms with Crippen molar-refractivity contribution in [3.8, 4) is 0 Å². The van der Waals surface area contributed by atoms with E-state index in [1.54, 1.807) is 6.08 Å². The highest BCUT2D eigenvalue weighted by Crippen LogP contribution is 2.29. The normalized spacial score (nSPS) is 13.5. The summed E-state index contributed by atoms with van der Waals surface area (Å²) in [5.41, 5.74) is 3.92. The summed E-state index contributed by atoms with van der Waals surface area (Å²) in [6.45, 7) is 10.3. The first-order valence-corrected chi connectivity index (χ1v) is 9.15. The number of ether oxygens (including phenoxy) is 1. The van der Waals surface area contributed by atoms with Gasteiger partial charge in [0.15, 0.2) is 0 Å². The third-order valence-electron chi connectivity index (χ3n) is 4.36. The molecule has 0 aliphatic heterocycles. The first-order chi connectivity index (χ1) is 13.5. The van der Waals surface area contributed by atoms with Crippen LogP contribution in [-0.4, -0.2) is 39.7 Å². The van der Waals surface area contributed by atoms with Crippen LogP contribution in [0, 0.1) is 5.92 Å². The van der Waals surface area contributed by atoms with Crippen molar-refractivity contribution >= 4 is 17.1 Å². The third kappa shape index (κ3) is 5.23. The molecule has 1 atom stereocenters. The fourth-order valence-electron chi connectivity index (χ4n) is 2.90. The predicted octanol–water partition coefficient (Wildman–Crippen LogP) is 3.16. The summed E-state index contributed by atoms with van der Waals surface area (Å²) in [5, 5.41) is 17.5. The van der Waals surface area contributed by atoms with E-state index in [4.69, 9.17) is 4.74 Å². The fraction of sp³-hybridized carbons (Fsp3) is 0.333. The number of rotatable bonds is 9. The second kappa shape index (κ2) is 10.3. The van der Waals surface area contributed by atoms with E-state index in [-0.39, 0.29) is 17.9 Å². The first-order valence-electron chi connectivity index (χ1n) is 9.15. The maximum Gasteiger partial charge on any atom is 0.323 e. The van der Waals surface area contributed by atoms with Crippen LogP contribution < -0.4 is 5.32 Å². The van der Waals surface area contributed by atoms with Gasteiger partial charge in [-0.25, -0.2) is 0 Å². The Kier molecular flexibility index (Phi) is 7.83. The Balaban J connectivity index is 2.17. The number of carbonyl (C=O) groups excluding carboxylic acids is 1. The number of aromatic amines is 1. The molecular weight excluding hydrogens is 354 g/mol. The number of benzene rings is 1. The maximum atomic E-state index is 11.9. The van der Waals surface area contributed by atoms with Crippen molar-refractivity contribution in [2.75, 3.05) is 7.11 Å². The quantitative estimate of drug-likeness (QED) is 0.512. The summed E-state index contributed by atoms with van der Waals surface area (Å²) < 4.78 is 4.87. The van der Waals surface area contributed by atoms with E-state index < -0.39 is 0 Å². The van der Waals surface area contributed by atoms with E-state index in [9.17, 15) is 4.79 Å². The average Bonchev–Trinajstić information content (AvgIpc) is 3.23. The minimum Gasteiger partial charge on any atom is -0.468 e. The lowest BCUT2D eigenvalue weighted by atomic mass is 9.95. The molecule has 0 bridgehead atoms. The monoisotopic (exact) mass is 381 g/mol. The highest BCUT2D eigenvalue weighted by atomic mass is 16.5. The lowest BCUT2D eigenvalue weighted by Crippen LogP contribution is -2.41. The van der Waals surface area contributed by atoms with Gasteiger partial charge in [-0.3, -0.25) is 4.79 Å². The minimum atomic E-state index is -0.337. The van der Waals surface area contributed by atoms with Crippen molar-refractivity contribution in [3.63, 3.8) is 0 Å². The molecule has 7 heteroatoms. The molecule has 0 unspecified atom stereocenters. The number of esters is 1. The standard InChI is InChI=1S/C21H27N5O2/c1-6-8-18(20-23-25-26-24-20)17(7-2)16-11-9-15(10-12-16)13-22-19(14(3)4)21(27)28-5/h6-12,14,19,22H,1,13H2,2-5H3,(H,23,24,25,26)/b17-7-,18-8+/t19-/m0/s1. The van der Waals surface area contributed by atoms with Crippen molar-refractivity contribution in [2.45, 2.75) is 33.4 Å². The van der Waals surface area contributed by atoms with Gasteiger partial charge in [-0.05, 0) is 34.8 Å². The van der Waals surface area contributed by atoms with Gasteiger partial charge in [-0.2, -0.15) is 5.21 Å². The van der Waals surface area contributed by atoms with Gasteiger partial charge >= 0.3 is 5.97 Å². The summed E-state index contributed by atoms with van der Waals surface area (Å²) in [6.07, 6.45) is 5.57. The predicted molar refractivity (Wildman–Crippen MR) is 110 cm³/mol. The molecule has 1 aromatic carbocycles. The number of methoxy groups -OCH3 is 1. The fourth-order valence-corrected chi connectivity index (χ4v) is 2.90. The van der Waals surface area contributed by atoms with E-state index in [0.717, 1.165) is 22.3 Å². The van der Waals surface area contributed by atoms with Gasteiger partial charge in [0.1, 0.15) is 6.04 Å². The molecule has 1 aromatic heterocycles.